The lowest BCUT2D eigenvalue weighted by molar-refractivity contribution is -0.125. The van der Waals surface area contributed by atoms with E-state index in [-0.39, 0.29) is 26.2 Å². The molecule has 2 amide bonds. The molecule has 0 spiro atoms. The van der Waals surface area contributed by atoms with E-state index in [4.69, 9.17) is 0 Å². The molecule has 2 aromatic carbocycles. The second kappa shape index (κ2) is 15.0. The van der Waals surface area contributed by atoms with E-state index in [0.717, 1.165) is 25.2 Å². The number of carbonyl (C=O) groups excluding carboxylic acids is 2. The fourth-order valence-electron chi connectivity index (χ4n) is 4.91. The minimum absolute atomic E-state index is 0.154. The average Bonchev–Trinajstić information content (AvgIpc) is 3.10. The molecule has 3 heterocycles. The molecular formula is C28H32F4N8O6S2. The molecule has 2 saturated heterocycles. The molecule has 0 atom stereocenters. The summed E-state index contributed by atoms with van der Waals surface area (Å²) in [4.78, 5) is 33.2. The number of benzene rings is 2. The van der Waals surface area contributed by atoms with Gasteiger partial charge in [0, 0.05) is 63.7 Å². The Morgan fingerprint density at radius 1 is 0.542 bits per heavy atom. The zero-order valence-electron chi connectivity index (χ0n) is 25.8. The molecule has 0 aliphatic carbocycles. The maximum atomic E-state index is 14.7. The number of halogens is 4. The number of carbonyl (C=O) groups is 2. The summed E-state index contributed by atoms with van der Waals surface area (Å²) in [6.45, 7) is 4.27. The average molecular weight is 717 g/mol. The summed E-state index contributed by atoms with van der Waals surface area (Å²) >= 11 is -11.2. The maximum Gasteiger partial charge on any atom is 0.278 e. The summed E-state index contributed by atoms with van der Waals surface area (Å²) in [6, 6.07) is 18.8. The van der Waals surface area contributed by atoms with Gasteiger partial charge in [0.2, 0.25) is 0 Å². The highest BCUT2D eigenvalue weighted by Gasteiger charge is 2.34. The van der Waals surface area contributed by atoms with Crippen LogP contribution in [0.25, 0.3) is 0 Å². The molecule has 14 nitrogen and oxygen atoms in total. The van der Waals surface area contributed by atoms with Crippen molar-refractivity contribution >= 4 is 68.8 Å². The summed E-state index contributed by atoms with van der Waals surface area (Å²) in [5.41, 5.74) is -1.06. The predicted octanol–water partition coefficient (Wildman–Crippen LogP) is 5.04. The molecule has 2 aromatic rings. The number of hydrogen-bond donors (Lipinski definition) is 0. The monoisotopic (exact) mass is 716 g/mol. The molecule has 260 valence electrons. The lowest BCUT2D eigenvalue weighted by Crippen LogP contribution is -2.51. The second-order valence-corrected chi connectivity index (χ2v) is 12.6. The number of anilines is 2. The number of para-hydroxylation sites is 2. The van der Waals surface area contributed by atoms with E-state index < -0.39 is 57.4 Å². The van der Waals surface area contributed by atoms with Crippen molar-refractivity contribution in [2.45, 2.75) is 13.8 Å². The van der Waals surface area contributed by atoms with Gasteiger partial charge < -0.3 is 19.6 Å². The molecule has 0 N–H and O–H groups in total. The van der Waals surface area contributed by atoms with Gasteiger partial charge in [-0.15, -0.1) is 0 Å². The van der Waals surface area contributed by atoms with Crippen molar-refractivity contribution in [2.24, 2.45) is 20.6 Å². The fraction of sp³-hybridized carbons (Fsp3) is 0.357. The third-order valence-corrected chi connectivity index (χ3v) is 8.41. The zero-order valence-corrected chi connectivity index (χ0v) is 27.4. The Morgan fingerprint density at radius 2 is 0.854 bits per heavy atom. The smallest absolute Gasteiger partial charge is 0.278 e. The Bertz CT molecular complexity index is 1470. The number of oxime groups is 4. The summed E-state index contributed by atoms with van der Waals surface area (Å²) < 4.78 is 76.0. The summed E-state index contributed by atoms with van der Waals surface area (Å²) in [5, 5.41) is 12.9. The molecule has 48 heavy (non-hydrogen) atoms. The first kappa shape index (κ1) is 34.6. The van der Waals surface area contributed by atoms with Crippen LogP contribution in [-0.2, 0) is 26.7 Å². The van der Waals surface area contributed by atoms with Crippen molar-refractivity contribution < 1.29 is 42.3 Å². The Morgan fingerprint density at radius 3 is 1.19 bits per heavy atom. The van der Waals surface area contributed by atoms with Gasteiger partial charge in [0.15, 0.2) is 11.4 Å². The molecule has 3 aliphatic heterocycles. The maximum absolute atomic E-state index is 14.7. The van der Waals surface area contributed by atoms with Crippen LogP contribution in [0.4, 0.5) is 26.9 Å². The SMILES string of the molecule is CC1=N\OS(F)(F)O/N=C(C(=O)N2CCN(c3ccccc3)CC2)/C(C)=N/OS(F)(F)O\N=C\1C(=O)N1CCN(c2ccccc2)CC1. The van der Waals surface area contributed by atoms with Crippen LogP contribution in [0.15, 0.2) is 81.3 Å². The second-order valence-electron chi connectivity index (χ2n) is 10.5. The largest absolute Gasteiger partial charge is 0.368 e. The molecule has 0 saturated carbocycles. The molecule has 3 aliphatic rings. The van der Waals surface area contributed by atoms with Crippen LogP contribution in [0.1, 0.15) is 13.8 Å². The van der Waals surface area contributed by atoms with Crippen molar-refractivity contribution in [3.05, 3.63) is 60.7 Å². The number of rotatable bonds is 4. The fourth-order valence-corrected chi connectivity index (χ4v) is 5.68. The standard InChI is InChI=1S/C28H32F4N8O6S2/c1-21-25(27(41)39-17-13-37(14-18-39)23-9-5-3-6-10-23)35-45-48(31,32)44-34-22(2)26(36-46-47(29,30)43-33-21)28(42)40-19-15-38(16-20-40)24-11-7-4-8-12-24/h3-12H,13-20H2,1-2H3/b33-21+,34-22+,35-25-,36-26-. The van der Waals surface area contributed by atoms with Crippen molar-refractivity contribution in [1.82, 2.24) is 9.80 Å². The van der Waals surface area contributed by atoms with Crippen LogP contribution < -0.4 is 9.80 Å². The minimum Gasteiger partial charge on any atom is -0.368 e. The lowest BCUT2D eigenvalue weighted by atomic mass is 10.2. The van der Waals surface area contributed by atoms with Crippen molar-refractivity contribution in [1.29, 1.82) is 0 Å². The van der Waals surface area contributed by atoms with Crippen LogP contribution in [0.3, 0.4) is 0 Å². The van der Waals surface area contributed by atoms with E-state index in [1.54, 1.807) is 0 Å². The van der Waals surface area contributed by atoms with E-state index in [9.17, 15) is 25.1 Å². The molecular weight excluding hydrogens is 684 g/mol. The van der Waals surface area contributed by atoms with E-state index in [2.05, 4.69) is 37.8 Å². The van der Waals surface area contributed by atoms with Crippen LogP contribution in [-0.4, -0.2) is 96.8 Å². The van der Waals surface area contributed by atoms with Crippen molar-refractivity contribution in [2.75, 3.05) is 62.2 Å². The highest BCUT2D eigenvalue weighted by atomic mass is 32.3. The molecule has 0 aromatic heterocycles. The van der Waals surface area contributed by atoms with E-state index in [1.807, 2.05) is 70.5 Å². The highest BCUT2D eigenvalue weighted by Crippen LogP contribution is 2.55. The van der Waals surface area contributed by atoms with Crippen LogP contribution in [0, 0.1) is 0 Å². The Kier molecular flexibility index (Phi) is 10.8. The van der Waals surface area contributed by atoms with Crippen molar-refractivity contribution in [3.63, 3.8) is 0 Å². The number of piperazine rings is 2. The summed E-state index contributed by atoms with van der Waals surface area (Å²) in [5.74, 6) is -1.85. The first-order chi connectivity index (χ1) is 22.9. The van der Waals surface area contributed by atoms with E-state index in [0.29, 0.717) is 26.2 Å². The quantitative estimate of drug-likeness (QED) is 0.403. The number of nitrogens with zero attached hydrogens (tertiary/aromatic N) is 8. The van der Waals surface area contributed by atoms with Crippen LogP contribution >= 0.6 is 22.7 Å². The third-order valence-electron chi connectivity index (χ3n) is 7.42. The normalized spacial score (nSPS) is 26.0. The van der Waals surface area contributed by atoms with Crippen molar-refractivity contribution in [3.8, 4) is 0 Å². The predicted molar refractivity (Wildman–Crippen MR) is 176 cm³/mol. The molecule has 0 radical (unpaired) electrons. The van der Waals surface area contributed by atoms with Gasteiger partial charge in [-0.3, -0.25) is 9.59 Å². The molecule has 2 fully saturated rings. The first-order valence-corrected chi connectivity index (χ1v) is 17.1. The summed E-state index contributed by atoms with van der Waals surface area (Å²) in [6.07, 6.45) is 0. The Labute approximate surface area is 277 Å². The van der Waals surface area contributed by atoms with Gasteiger partial charge in [0.05, 0.1) is 0 Å². The number of amides is 2. The third kappa shape index (κ3) is 8.79. The van der Waals surface area contributed by atoms with Gasteiger partial charge in [-0.2, -0.15) is 0 Å². The van der Waals surface area contributed by atoms with E-state index >= 15 is 0 Å². The summed E-state index contributed by atoms with van der Waals surface area (Å²) in [7, 11) is 0. The highest BCUT2D eigenvalue weighted by molar-refractivity contribution is 8.17. The molecule has 0 unspecified atom stereocenters. The van der Waals surface area contributed by atoms with Gasteiger partial charge in [0.25, 0.3) is 34.5 Å². The molecule has 20 heteroatoms. The molecule has 5 rings (SSSR count). The first-order valence-electron chi connectivity index (χ1n) is 14.6. The molecule has 0 bridgehead atoms. The Hall–Kier alpha value is -4.72. The van der Waals surface area contributed by atoms with Crippen LogP contribution in [0.2, 0.25) is 0 Å². The zero-order chi connectivity index (χ0) is 34.3. The van der Waals surface area contributed by atoms with Gasteiger partial charge in [-0.25, -0.2) is 17.1 Å². The van der Waals surface area contributed by atoms with Gasteiger partial charge in [-0.05, 0) is 64.0 Å². The Balaban J connectivity index is 1.31. The topological polar surface area (TPSA) is 133 Å². The lowest BCUT2D eigenvalue weighted by Gasteiger charge is -2.36. The van der Waals surface area contributed by atoms with E-state index in [1.165, 1.54) is 9.80 Å². The number of hydrogen-bond acceptors (Lipinski definition) is 12. The van der Waals surface area contributed by atoms with Gasteiger partial charge in [0.1, 0.15) is 11.4 Å². The minimum atomic E-state index is -5.58. The van der Waals surface area contributed by atoms with Crippen LogP contribution in [0.5, 0.6) is 0 Å². The van der Waals surface area contributed by atoms with Gasteiger partial charge in [-0.1, -0.05) is 46.7 Å². The van der Waals surface area contributed by atoms with Gasteiger partial charge >= 0.3 is 0 Å².